The van der Waals surface area contributed by atoms with Gasteiger partial charge in [0.1, 0.15) is 0 Å². The van der Waals surface area contributed by atoms with Crippen LogP contribution in [-0.4, -0.2) is 0 Å². The van der Waals surface area contributed by atoms with Crippen LogP contribution in [0.1, 0.15) is 33.6 Å². The number of hydrogen-bond acceptors (Lipinski definition) is 0. The van der Waals surface area contributed by atoms with Crippen molar-refractivity contribution in [3.05, 3.63) is 11.1 Å². The van der Waals surface area contributed by atoms with Crippen LogP contribution in [-0.2, 0) is 0 Å². The molecule has 16 atom stereocenters. The Kier molecular flexibility index (Phi) is 1.03. The molecule has 0 saturated heterocycles. The van der Waals surface area contributed by atoms with Gasteiger partial charge in [0.25, 0.3) is 0 Å². The lowest BCUT2D eigenvalue weighted by atomic mass is 9.60. The van der Waals surface area contributed by atoms with Gasteiger partial charge in [0.2, 0.25) is 0 Å². The summed E-state index contributed by atoms with van der Waals surface area (Å²) in [6.45, 7) is 8.50. The van der Waals surface area contributed by atoms with E-state index in [1.165, 1.54) is 47.3 Å². The number of allylic oxidation sites excluding steroid dienone is 2. The van der Waals surface area contributed by atoms with Gasteiger partial charge >= 0.3 is 0 Å². The standard InChI is InChI=1S/C23H26/c1-21-5-8-11-17-13-12-15-9-6(14(8)22(15,17)2)4-7-10(9)16(12)23(3,20(7)21)19(13)18(11)21/h6-7,9-13,15-20H,4-5H2,1-3H3/t6?,7?,9?,10?,11?,12?,13?,15?,16?,17?,18?,19?,20?,21-,22?,23?/m1/s1. The molecule has 0 N–H and O–H groups in total. The molecule has 10 rings (SSSR count). The highest BCUT2D eigenvalue weighted by atomic mass is 15.0. The molecular formula is C23H26. The fraction of sp³-hybridized carbons (Fsp3) is 0.913. The third-order valence-corrected chi connectivity index (χ3v) is 13.7. The minimum absolute atomic E-state index is 0.725. The van der Waals surface area contributed by atoms with Crippen LogP contribution in [0.5, 0.6) is 0 Å². The van der Waals surface area contributed by atoms with Crippen LogP contribution in [0.4, 0.5) is 0 Å². The lowest BCUT2D eigenvalue weighted by Gasteiger charge is -2.44. The van der Waals surface area contributed by atoms with Gasteiger partial charge in [-0.3, -0.25) is 0 Å². The van der Waals surface area contributed by atoms with Crippen molar-refractivity contribution in [2.24, 2.45) is 93.2 Å². The molecule has 0 aromatic heterocycles. The average Bonchev–Trinajstić information content (AvgIpc) is 3.21. The highest BCUT2D eigenvalue weighted by Gasteiger charge is 2.97. The molecule has 118 valence electrons. The van der Waals surface area contributed by atoms with Gasteiger partial charge in [-0.05, 0) is 106 Å². The van der Waals surface area contributed by atoms with Crippen LogP contribution in [0, 0.1) is 93.2 Å². The average molecular weight is 302 g/mol. The Hall–Kier alpha value is -0.260. The van der Waals surface area contributed by atoms with E-state index in [0.29, 0.717) is 0 Å². The van der Waals surface area contributed by atoms with Crippen molar-refractivity contribution in [1.29, 1.82) is 0 Å². The van der Waals surface area contributed by atoms with Crippen LogP contribution in [0.2, 0.25) is 0 Å². The zero-order valence-electron chi connectivity index (χ0n) is 14.4. The molecular weight excluding hydrogens is 276 g/mol. The maximum atomic E-state index is 2.87. The van der Waals surface area contributed by atoms with Crippen molar-refractivity contribution in [2.45, 2.75) is 33.6 Å². The van der Waals surface area contributed by atoms with Crippen molar-refractivity contribution in [3.63, 3.8) is 0 Å². The van der Waals surface area contributed by atoms with Crippen LogP contribution >= 0.6 is 0 Å². The van der Waals surface area contributed by atoms with Gasteiger partial charge < -0.3 is 0 Å². The molecule has 0 heteroatoms. The Bertz CT molecular complexity index is 850. The molecule has 0 amide bonds. The largest absolute Gasteiger partial charge is 0.0659 e. The van der Waals surface area contributed by atoms with Crippen molar-refractivity contribution in [1.82, 2.24) is 0 Å². The first-order valence-corrected chi connectivity index (χ1v) is 10.8. The third-order valence-electron chi connectivity index (χ3n) is 13.7. The first kappa shape index (κ1) is 10.7. The molecule has 0 aromatic carbocycles. The van der Waals surface area contributed by atoms with E-state index in [9.17, 15) is 0 Å². The van der Waals surface area contributed by atoms with Crippen molar-refractivity contribution < 1.29 is 0 Å². The summed E-state index contributed by atoms with van der Waals surface area (Å²) in [5.74, 6) is 15.1. The lowest BCUT2D eigenvalue weighted by Crippen LogP contribution is -2.39. The SMILES string of the molecule is CC12C3=C4C[C@]5(C)C6C4C1C1C4C2C2C3CC3C2C4C(C)(C16)C35. The van der Waals surface area contributed by atoms with E-state index < -0.39 is 0 Å². The minimum atomic E-state index is 0.725. The molecule has 0 nitrogen and oxygen atoms in total. The predicted molar refractivity (Wildman–Crippen MR) is 86.0 cm³/mol. The summed E-state index contributed by atoms with van der Waals surface area (Å²) in [4.78, 5) is 0. The van der Waals surface area contributed by atoms with Crippen molar-refractivity contribution in [3.8, 4) is 0 Å². The van der Waals surface area contributed by atoms with E-state index >= 15 is 0 Å². The van der Waals surface area contributed by atoms with E-state index in [1.807, 2.05) is 0 Å². The molecule has 0 aromatic rings. The fourth-order valence-electron chi connectivity index (χ4n) is 15.2. The smallest absolute Gasteiger partial charge is 0.00398 e. The summed E-state index contributed by atoms with van der Waals surface area (Å²) in [7, 11) is 0. The molecule has 0 heterocycles. The molecule has 0 spiro atoms. The van der Waals surface area contributed by atoms with Crippen LogP contribution in [0.25, 0.3) is 0 Å². The summed E-state index contributed by atoms with van der Waals surface area (Å²) >= 11 is 0. The van der Waals surface area contributed by atoms with Gasteiger partial charge in [0, 0.05) is 0 Å². The molecule has 10 aliphatic carbocycles. The van der Waals surface area contributed by atoms with Gasteiger partial charge in [0.15, 0.2) is 0 Å². The summed E-state index contributed by atoms with van der Waals surface area (Å²) in [6, 6.07) is 0. The second kappa shape index (κ2) is 2.23. The van der Waals surface area contributed by atoms with E-state index in [-0.39, 0.29) is 0 Å². The second-order valence-electron chi connectivity index (χ2n) is 12.7. The van der Waals surface area contributed by atoms with Crippen LogP contribution < -0.4 is 0 Å². The van der Waals surface area contributed by atoms with Crippen LogP contribution in [0.15, 0.2) is 11.1 Å². The third kappa shape index (κ3) is 0.544. The van der Waals surface area contributed by atoms with Gasteiger partial charge in [0.05, 0.1) is 0 Å². The normalized spacial score (nSPS) is 91.7. The number of hydrogen-bond donors (Lipinski definition) is 0. The summed E-state index contributed by atoms with van der Waals surface area (Å²) in [6.07, 6.45) is 3.23. The first-order valence-electron chi connectivity index (χ1n) is 10.8. The predicted octanol–water partition coefficient (Wildman–Crippen LogP) is 4.23. The lowest BCUT2D eigenvalue weighted by molar-refractivity contribution is 0.0529. The topological polar surface area (TPSA) is 0 Å². The van der Waals surface area contributed by atoms with Gasteiger partial charge in [-0.2, -0.15) is 0 Å². The summed E-state index contributed by atoms with van der Waals surface area (Å²) < 4.78 is 0. The molecule has 0 radical (unpaired) electrons. The van der Waals surface area contributed by atoms with E-state index in [1.54, 1.807) is 12.8 Å². The van der Waals surface area contributed by atoms with E-state index in [2.05, 4.69) is 31.9 Å². The summed E-state index contributed by atoms with van der Waals surface area (Å²) in [5.41, 5.74) is 6.56. The van der Waals surface area contributed by atoms with Crippen molar-refractivity contribution >= 4 is 0 Å². The Morgan fingerprint density at radius 3 is 2.52 bits per heavy atom. The maximum Gasteiger partial charge on any atom is -0.00398 e. The molecule has 0 bridgehead atoms. The first-order chi connectivity index (χ1) is 11.1. The number of fused-ring (bicyclic) bond motifs is 3. The van der Waals surface area contributed by atoms with E-state index in [4.69, 9.17) is 0 Å². The minimum Gasteiger partial charge on any atom is -0.0659 e. The molecule has 0 aliphatic heterocycles. The zero-order valence-corrected chi connectivity index (χ0v) is 14.4. The Morgan fingerprint density at radius 2 is 1.65 bits per heavy atom. The van der Waals surface area contributed by atoms with Gasteiger partial charge in [-0.25, -0.2) is 0 Å². The molecule has 15 unspecified atom stereocenters. The highest BCUT2D eigenvalue weighted by molar-refractivity contribution is 5.57. The summed E-state index contributed by atoms with van der Waals surface area (Å²) in [5, 5.41) is 0. The highest BCUT2D eigenvalue weighted by Crippen LogP contribution is 3.01. The van der Waals surface area contributed by atoms with Crippen molar-refractivity contribution in [2.75, 3.05) is 0 Å². The maximum absolute atomic E-state index is 2.87. The second-order valence-corrected chi connectivity index (χ2v) is 12.7. The Labute approximate surface area is 138 Å². The molecule has 9 saturated carbocycles. The molecule has 9 fully saturated rings. The molecule has 23 heavy (non-hydrogen) atoms. The van der Waals surface area contributed by atoms with Gasteiger partial charge in [-0.1, -0.05) is 31.9 Å². The Balaban J connectivity index is 1.54. The van der Waals surface area contributed by atoms with Crippen LogP contribution in [0.3, 0.4) is 0 Å². The number of rotatable bonds is 0. The Morgan fingerprint density at radius 1 is 0.826 bits per heavy atom. The zero-order chi connectivity index (χ0) is 14.6. The quantitative estimate of drug-likeness (QED) is 0.588. The van der Waals surface area contributed by atoms with Gasteiger partial charge in [-0.15, -0.1) is 0 Å². The molecule has 10 aliphatic rings. The van der Waals surface area contributed by atoms with E-state index in [0.717, 1.165) is 45.8 Å². The fourth-order valence-corrected chi connectivity index (χ4v) is 15.2. The monoisotopic (exact) mass is 302 g/mol.